The molecule has 0 spiro atoms. The van der Waals surface area contributed by atoms with Crippen LogP contribution in [0.25, 0.3) is 0 Å². The van der Waals surface area contributed by atoms with Gasteiger partial charge in [-0.1, -0.05) is 6.07 Å². The normalized spacial score (nSPS) is 16.2. The largest absolute Gasteiger partial charge is 0.418 e. The Morgan fingerprint density at radius 2 is 2.00 bits per heavy atom. The maximum absolute atomic E-state index is 12.7. The molecule has 0 aromatic heterocycles. The van der Waals surface area contributed by atoms with Gasteiger partial charge in [0.15, 0.2) is 0 Å². The Hall–Kier alpha value is -1.23. The van der Waals surface area contributed by atoms with Crippen molar-refractivity contribution in [2.75, 3.05) is 12.3 Å². The van der Waals surface area contributed by atoms with Crippen molar-refractivity contribution in [3.05, 3.63) is 28.8 Å². The number of hydrogen-bond donors (Lipinski definition) is 2. The van der Waals surface area contributed by atoms with Crippen LogP contribution in [-0.2, 0) is 19.1 Å². The van der Waals surface area contributed by atoms with E-state index in [0.717, 1.165) is 5.56 Å². The first kappa shape index (κ1) is 10.3. The fraction of sp³-hybridized carbons (Fsp3) is 0.400. The molecule has 82 valence electrons. The van der Waals surface area contributed by atoms with Crippen molar-refractivity contribution in [3.63, 3.8) is 0 Å². The molecule has 1 aliphatic heterocycles. The molecular weight excluding hydrogens is 205 g/mol. The second-order valence-corrected chi connectivity index (χ2v) is 3.59. The van der Waals surface area contributed by atoms with Crippen molar-refractivity contribution in [3.8, 4) is 0 Å². The highest BCUT2D eigenvalue weighted by atomic mass is 19.4. The lowest BCUT2D eigenvalue weighted by Gasteiger charge is -2.23. The van der Waals surface area contributed by atoms with E-state index in [-0.39, 0.29) is 12.2 Å². The van der Waals surface area contributed by atoms with Crippen molar-refractivity contribution < 1.29 is 13.2 Å². The fourth-order valence-corrected chi connectivity index (χ4v) is 1.92. The van der Waals surface area contributed by atoms with E-state index in [1.165, 1.54) is 6.07 Å². The molecule has 0 bridgehead atoms. The number of halogens is 3. The molecular formula is C10H11F3N2. The molecule has 5 heteroatoms. The highest BCUT2D eigenvalue weighted by molar-refractivity contribution is 5.56. The minimum Gasteiger partial charge on any atom is -0.398 e. The van der Waals surface area contributed by atoms with Gasteiger partial charge in [0.2, 0.25) is 0 Å². The summed E-state index contributed by atoms with van der Waals surface area (Å²) in [5.41, 5.74) is 5.56. The maximum atomic E-state index is 12.7. The number of benzene rings is 1. The smallest absolute Gasteiger partial charge is 0.398 e. The SMILES string of the molecule is Nc1ccc2c(c1C(F)(F)F)CNCC2. The van der Waals surface area contributed by atoms with Crippen molar-refractivity contribution >= 4 is 5.69 Å². The van der Waals surface area contributed by atoms with Gasteiger partial charge in [0.05, 0.1) is 5.56 Å². The summed E-state index contributed by atoms with van der Waals surface area (Å²) < 4.78 is 38.2. The lowest BCUT2D eigenvalue weighted by molar-refractivity contribution is -0.137. The standard InChI is InChI=1S/C10H11F3N2/c11-10(12,13)9-7-5-15-4-3-6(7)1-2-8(9)14/h1-2,15H,3-5,14H2. The van der Waals surface area contributed by atoms with E-state index in [9.17, 15) is 13.2 Å². The first-order chi connectivity index (χ1) is 7.00. The Morgan fingerprint density at radius 1 is 1.27 bits per heavy atom. The van der Waals surface area contributed by atoms with Crippen LogP contribution in [0.15, 0.2) is 12.1 Å². The van der Waals surface area contributed by atoms with Gasteiger partial charge in [-0.15, -0.1) is 0 Å². The summed E-state index contributed by atoms with van der Waals surface area (Å²) in [5, 5.41) is 2.93. The summed E-state index contributed by atoms with van der Waals surface area (Å²) in [5.74, 6) is 0. The summed E-state index contributed by atoms with van der Waals surface area (Å²) in [4.78, 5) is 0. The zero-order valence-corrected chi connectivity index (χ0v) is 7.99. The van der Waals surface area contributed by atoms with Gasteiger partial charge in [0.1, 0.15) is 0 Å². The zero-order chi connectivity index (χ0) is 11.1. The van der Waals surface area contributed by atoms with Crippen molar-refractivity contribution in [2.45, 2.75) is 19.1 Å². The van der Waals surface area contributed by atoms with Crippen LogP contribution in [0.3, 0.4) is 0 Å². The van der Waals surface area contributed by atoms with E-state index < -0.39 is 11.7 Å². The number of alkyl halides is 3. The molecule has 0 atom stereocenters. The van der Waals surface area contributed by atoms with Gasteiger partial charge in [-0.25, -0.2) is 0 Å². The second-order valence-electron chi connectivity index (χ2n) is 3.59. The molecule has 0 aliphatic carbocycles. The van der Waals surface area contributed by atoms with E-state index in [2.05, 4.69) is 5.32 Å². The molecule has 2 rings (SSSR count). The van der Waals surface area contributed by atoms with Gasteiger partial charge in [0, 0.05) is 12.2 Å². The van der Waals surface area contributed by atoms with E-state index in [1.54, 1.807) is 6.07 Å². The monoisotopic (exact) mass is 216 g/mol. The molecule has 1 aromatic carbocycles. The Bertz CT molecular complexity index is 385. The van der Waals surface area contributed by atoms with Gasteiger partial charge in [-0.05, 0) is 30.2 Å². The average Bonchev–Trinajstić information content (AvgIpc) is 2.15. The van der Waals surface area contributed by atoms with E-state index in [4.69, 9.17) is 5.73 Å². The molecule has 0 amide bonds. The van der Waals surface area contributed by atoms with Crippen LogP contribution in [0, 0.1) is 0 Å². The minimum atomic E-state index is -4.37. The number of nitrogens with one attached hydrogen (secondary N) is 1. The first-order valence-corrected chi connectivity index (χ1v) is 4.68. The van der Waals surface area contributed by atoms with Crippen LogP contribution in [0.1, 0.15) is 16.7 Å². The molecule has 0 saturated carbocycles. The summed E-state index contributed by atoms with van der Waals surface area (Å²) in [6.45, 7) is 0.962. The van der Waals surface area contributed by atoms with Crippen LogP contribution < -0.4 is 11.1 Å². The van der Waals surface area contributed by atoms with Crippen molar-refractivity contribution in [2.24, 2.45) is 0 Å². The van der Waals surface area contributed by atoms with Gasteiger partial charge < -0.3 is 11.1 Å². The quantitative estimate of drug-likeness (QED) is 0.650. The van der Waals surface area contributed by atoms with E-state index in [1.807, 2.05) is 0 Å². The van der Waals surface area contributed by atoms with Crippen molar-refractivity contribution in [1.29, 1.82) is 0 Å². The predicted molar refractivity (Wildman–Crippen MR) is 51.3 cm³/mol. The van der Waals surface area contributed by atoms with Crippen LogP contribution in [0.5, 0.6) is 0 Å². The van der Waals surface area contributed by atoms with E-state index >= 15 is 0 Å². The van der Waals surface area contributed by atoms with Crippen LogP contribution in [0.2, 0.25) is 0 Å². The lowest BCUT2D eigenvalue weighted by atomic mass is 9.94. The first-order valence-electron chi connectivity index (χ1n) is 4.68. The molecule has 0 radical (unpaired) electrons. The topological polar surface area (TPSA) is 38.0 Å². The number of rotatable bonds is 0. The second kappa shape index (κ2) is 3.41. The predicted octanol–water partition coefficient (Wildman–Crippen LogP) is 1.93. The molecule has 2 nitrogen and oxygen atoms in total. The number of nitrogens with two attached hydrogens (primary N) is 1. The number of hydrogen-bond acceptors (Lipinski definition) is 2. The Balaban J connectivity index is 2.60. The van der Waals surface area contributed by atoms with Crippen LogP contribution in [0.4, 0.5) is 18.9 Å². The summed E-state index contributed by atoms with van der Waals surface area (Å²) in [7, 11) is 0. The third-order valence-electron chi connectivity index (χ3n) is 2.60. The van der Waals surface area contributed by atoms with Gasteiger partial charge in [-0.2, -0.15) is 13.2 Å². The Labute approximate surface area is 85.3 Å². The molecule has 3 N–H and O–H groups in total. The Morgan fingerprint density at radius 3 is 2.67 bits per heavy atom. The van der Waals surface area contributed by atoms with Crippen LogP contribution >= 0.6 is 0 Å². The van der Waals surface area contributed by atoms with Crippen LogP contribution in [-0.4, -0.2) is 6.54 Å². The lowest BCUT2D eigenvalue weighted by Crippen LogP contribution is -2.27. The number of nitrogen functional groups attached to an aromatic ring is 1. The average molecular weight is 216 g/mol. The van der Waals surface area contributed by atoms with Gasteiger partial charge in [0.25, 0.3) is 0 Å². The molecule has 0 fully saturated rings. The van der Waals surface area contributed by atoms with E-state index in [0.29, 0.717) is 18.5 Å². The highest BCUT2D eigenvalue weighted by Gasteiger charge is 2.36. The highest BCUT2D eigenvalue weighted by Crippen LogP contribution is 2.38. The maximum Gasteiger partial charge on any atom is 0.418 e. The molecule has 1 aliphatic rings. The Kier molecular flexibility index (Phi) is 2.34. The van der Waals surface area contributed by atoms with Gasteiger partial charge >= 0.3 is 6.18 Å². The summed E-state index contributed by atoms with van der Waals surface area (Å²) in [6.07, 6.45) is -3.74. The molecule has 1 aromatic rings. The van der Waals surface area contributed by atoms with Gasteiger partial charge in [-0.3, -0.25) is 0 Å². The molecule has 0 unspecified atom stereocenters. The van der Waals surface area contributed by atoms with Crippen molar-refractivity contribution in [1.82, 2.24) is 5.32 Å². The minimum absolute atomic E-state index is 0.190. The molecule has 15 heavy (non-hydrogen) atoms. The molecule has 0 saturated heterocycles. The molecule has 1 heterocycles. The summed E-state index contributed by atoms with van der Waals surface area (Å²) in [6, 6.07) is 3.02. The third kappa shape index (κ3) is 1.79. The third-order valence-corrected chi connectivity index (χ3v) is 2.60. The fourth-order valence-electron chi connectivity index (χ4n) is 1.92. The number of fused-ring (bicyclic) bond motifs is 1. The zero-order valence-electron chi connectivity index (χ0n) is 7.99. The number of anilines is 1. The summed E-state index contributed by atoms with van der Waals surface area (Å²) >= 11 is 0.